The highest BCUT2D eigenvalue weighted by Crippen LogP contribution is 2.27. The number of carboxylic acids is 1. The van der Waals surface area contributed by atoms with Gasteiger partial charge in [0.15, 0.2) is 5.11 Å². The van der Waals surface area contributed by atoms with E-state index in [-0.39, 0.29) is 22.9 Å². The van der Waals surface area contributed by atoms with Gasteiger partial charge in [-0.2, -0.15) is 0 Å². The molecular formula is C21H14FN3O4S. The molecule has 1 fully saturated rings. The van der Waals surface area contributed by atoms with Crippen LogP contribution < -0.4 is 10.2 Å². The molecule has 0 unspecified atom stereocenters. The molecule has 0 spiro atoms. The van der Waals surface area contributed by atoms with E-state index in [0.717, 1.165) is 4.90 Å². The molecule has 4 rings (SSSR count). The molecule has 0 saturated carbocycles. The van der Waals surface area contributed by atoms with Crippen LogP contribution >= 0.6 is 12.2 Å². The first-order valence-corrected chi connectivity index (χ1v) is 9.23. The molecule has 0 atom stereocenters. The third-order valence-corrected chi connectivity index (χ3v) is 4.90. The number of hydrogen-bond donors (Lipinski definition) is 2. The van der Waals surface area contributed by atoms with Crippen molar-refractivity contribution in [1.82, 2.24) is 9.88 Å². The van der Waals surface area contributed by atoms with Crippen molar-refractivity contribution in [3.63, 3.8) is 0 Å². The van der Waals surface area contributed by atoms with Crippen LogP contribution in [0.15, 0.2) is 60.3 Å². The van der Waals surface area contributed by atoms with Crippen LogP contribution in [-0.2, 0) is 20.9 Å². The van der Waals surface area contributed by atoms with Crippen LogP contribution in [0, 0.1) is 5.82 Å². The van der Waals surface area contributed by atoms with Gasteiger partial charge in [-0.1, -0.05) is 30.3 Å². The molecule has 150 valence electrons. The van der Waals surface area contributed by atoms with Gasteiger partial charge in [-0.3, -0.25) is 19.7 Å². The van der Waals surface area contributed by atoms with Crippen molar-refractivity contribution < 1.29 is 23.9 Å². The molecule has 2 heterocycles. The number of carbonyl (C=O) groups excluding carboxylic acids is 2. The van der Waals surface area contributed by atoms with Crippen molar-refractivity contribution in [2.45, 2.75) is 6.54 Å². The molecule has 1 aliphatic heterocycles. The summed E-state index contributed by atoms with van der Waals surface area (Å²) in [7, 11) is 0. The Labute approximate surface area is 175 Å². The van der Waals surface area contributed by atoms with Crippen molar-refractivity contribution in [2.75, 3.05) is 4.90 Å². The normalized spacial score (nSPS) is 15.7. The lowest BCUT2D eigenvalue weighted by Gasteiger charge is -2.29. The number of halogens is 1. The Kier molecular flexibility index (Phi) is 4.88. The molecule has 7 nitrogen and oxygen atoms in total. The molecule has 2 aromatic carbocycles. The van der Waals surface area contributed by atoms with Gasteiger partial charge < -0.3 is 9.67 Å². The van der Waals surface area contributed by atoms with Crippen LogP contribution in [0.3, 0.4) is 0 Å². The van der Waals surface area contributed by atoms with Crippen LogP contribution in [0.5, 0.6) is 0 Å². The number of carbonyl (C=O) groups is 3. The maximum atomic E-state index is 14.3. The van der Waals surface area contributed by atoms with Crippen molar-refractivity contribution in [2.24, 2.45) is 0 Å². The highest BCUT2D eigenvalue weighted by molar-refractivity contribution is 7.80. The lowest BCUT2D eigenvalue weighted by Crippen LogP contribution is -2.54. The predicted octanol–water partition coefficient (Wildman–Crippen LogP) is 2.70. The maximum Gasteiger partial charge on any atom is 0.323 e. The average molecular weight is 423 g/mol. The Bertz CT molecular complexity index is 1260. The monoisotopic (exact) mass is 423 g/mol. The Morgan fingerprint density at radius 1 is 1.13 bits per heavy atom. The first-order valence-electron chi connectivity index (χ1n) is 8.82. The van der Waals surface area contributed by atoms with E-state index in [1.165, 1.54) is 28.8 Å². The Morgan fingerprint density at radius 2 is 1.83 bits per heavy atom. The van der Waals surface area contributed by atoms with Gasteiger partial charge in [-0.25, -0.2) is 9.29 Å². The molecule has 0 radical (unpaired) electrons. The van der Waals surface area contributed by atoms with E-state index in [1.54, 1.807) is 36.5 Å². The van der Waals surface area contributed by atoms with E-state index >= 15 is 0 Å². The summed E-state index contributed by atoms with van der Waals surface area (Å²) in [6, 6.07) is 12.6. The molecule has 30 heavy (non-hydrogen) atoms. The van der Waals surface area contributed by atoms with E-state index in [2.05, 4.69) is 5.32 Å². The zero-order valence-corrected chi connectivity index (χ0v) is 16.1. The highest BCUT2D eigenvalue weighted by Gasteiger charge is 2.35. The summed E-state index contributed by atoms with van der Waals surface area (Å²) in [5.74, 6) is -3.18. The quantitative estimate of drug-likeness (QED) is 0.383. The molecule has 1 aliphatic rings. The van der Waals surface area contributed by atoms with Gasteiger partial charge in [-0.05, 0) is 36.5 Å². The Hall–Kier alpha value is -3.85. The smallest absolute Gasteiger partial charge is 0.323 e. The molecule has 0 bridgehead atoms. The number of benzene rings is 2. The van der Waals surface area contributed by atoms with Crippen LogP contribution in [0.25, 0.3) is 17.0 Å². The number of aromatic nitrogens is 1. The number of carboxylic acid groups (broad SMARTS) is 1. The van der Waals surface area contributed by atoms with Crippen molar-refractivity contribution in [1.29, 1.82) is 0 Å². The van der Waals surface area contributed by atoms with Crippen molar-refractivity contribution in [3.05, 3.63) is 71.7 Å². The van der Waals surface area contributed by atoms with Gasteiger partial charge in [0, 0.05) is 22.7 Å². The molecule has 9 heteroatoms. The second-order valence-corrected chi connectivity index (χ2v) is 6.92. The van der Waals surface area contributed by atoms with E-state index in [1.807, 2.05) is 0 Å². The van der Waals surface area contributed by atoms with Gasteiger partial charge in [0.05, 0.1) is 5.69 Å². The topological polar surface area (TPSA) is 91.6 Å². The second kappa shape index (κ2) is 7.53. The second-order valence-electron chi connectivity index (χ2n) is 6.53. The van der Waals surface area contributed by atoms with E-state index in [4.69, 9.17) is 17.3 Å². The van der Waals surface area contributed by atoms with Crippen LogP contribution in [0.2, 0.25) is 0 Å². The first-order chi connectivity index (χ1) is 14.4. The fraction of sp³-hybridized carbons (Fsp3) is 0.0476. The van der Waals surface area contributed by atoms with E-state index < -0.39 is 23.6 Å². The van der Waals surface area contributed by atoms with Crippen molar-refractivity contribution in [3.8, 4) is 0 Å². The Balaban J connectivity index is 1.82. The number of rotatable bonds is 4. The largest absolute Gasteiger partial charge is 0.480 e. The number of fused-ring (bicyclic) bond motifs is 1. The van der Waals surface area contributed by atoms with Gasteiger partial charge in [0.1, 0.15) is 17.9 Å². The van der Waals surface area contributed by atoms with Crippen LogP contribution in [0.4, 0.5) is 10.1 Å². The highest BCUT2D eigenvalue weighted by atomic mass is 32.1. The lowest BCUT2D eigenvalue weighted by molar-refractivity contribution is -0.137. The number of nitrogens with one attached hydrogen (secondary N) is 1. The first kappa shape index (κ1) is 19.5. The summed E-state index contributed by atoms with van der Waals surface area (Å²) in [4.78, 5) is 37.7. The predicted molar refractivity (Wildman–Crippen MR) is 112 cm³/mol. The minimum atomic E-state index is -1.03. The summed E-state index contributed by atoms with van der Waals surface area (Å²) in [6.45, 7) is -0.282. The molecule has 1 aromatic heterocycles. The maximum absolute atomic E-state index is 14.3. The number of thiocarbonyl (C=S) groups is 1. The SMILES string of the molecule is O=C(O)Cn1cc(C=C2C(=O)NC(=S)N(c3ccccc3F)C2=O)c2ccccc21. The number of amides is 2. The Morgan fingerprint density at radius 3 is 2.57 bits per heavy atom. The van der Waals surface area contributed by atoms with Gasteiger partial charge in [0.25, 0.3) is 11.8 Å². The van der Waals surface area contributed by atoms with Gasteiger partial charge in [-0.15, -0.1) is 0 Å². The van der Waals surface area contributed by atoms with E-state index in [0.29, 0.717) is 16.5 Å². The van der Waals surface area contributed by atoms with Crippen LogP contribution in [-0.4, -0.2) is 32.6 Å². The summed E-state index contributed by atoms with van der Waals surface area (Å²) < 4.78 is 15.8. The third kappa shape index (κ3) is 3.35. The number of hydrogen-bond acceptors (Lipinski definition) is 4. The molecule has 2 amide bonds. The van der Waals surface area contributed by atoms with Gasteiger partial charge in [0.2, 0.25) is 0 Å². The minimum absolute atomic E-state index is 0.0771. The minimum Gasteiger partial charge on any atom is -0.480 e. The fourth-order valence-electron chi connectivity index (χ4n) is 3.33. The fourth-order valence-corrected chi connectivity index (χ4v) is 3.61. The third-order valence-electron chi connectivity index (χ3n) is 4.62. The molecule has 1 saturated heterocycles. The standard InChI is InChI=1S/C21H14FN3O4S/c22-15-6-2-4-8-17(15)25-20(29)14(19(28)23-21(25)30)9-12-10-24(11-18(26)27)16-7-3-1-5-13(12)16/h1-10H,11H2,(H,26,27)(H,23,28,30). The van der Waals surface area contributed by atoms with Gasteiger partial charge >= 0.3 is 5.97 Å². The molecular weight excluding hydrogens is 409 g/mol. The summed E-state index contributed by atoms with van der Waals surface area (Å²) in [5.41, 5.74) is 0.792. The van der Waals surface area contributed by atoms with E-state index in [9.17, 15) is 18.8 Å². The molecule has 3 aromatic rings. The average Bonchev–Trinajstić information content (AvgIpc) is 3.03. The zero-order valence-electron chi connectivity index (χ0n) is 15.3. The number of anilines is 1. The number of para-hydroxylation sites is 2. The summed E-state index contributed by atoms with van der Waals surface area (Å²) in [6.07, 6.45) is 2.90. The lowest BCUT2D eigenvalue weighted by atomic mass is 10.1. The zero-order chi connectivity index (χ0) is 21.4. The molecule has 2 N–H and O–H groups in total. The number of aliphatic carboxylic acids is 1. The summed E-state index contributed by atoms with van der Waals surface area (Å²) in [5, 5.41) is 12.0. The van der Waals surface area contributed by atoms with Crippen LogP contribution in [0.1, 0.15) is 5.56 Å². The number of nitrogens with zero attached hydrogens (tertiary/aromatic N) is 2. The summed E-state index contributed by atoms with van der Waals surface area (Å²) >= 11 is 5.08. The van der Waals surface area contributed by atoms with Crippen molar-refractivity contribution >= 4 is 57.8 Å². The molecule has 0 aliphatic carbocycles.